The van der Waals surface area contributed by atoms with Gasteiger partial charge in [0.05, 0.1) is 19.9 Å². The number of nitrogens with one attached hydrogen (secondary N) is 1. The summed E-state index contributed by atoms with van der Waals surface area (Å²) in [5.41, 5.74) is 5.69. The molecule has 0 aliphatic heterocycles. The molecule has 5 heteroatoms. The average molecular weight is 312 g/mol. The third-order valence-corrected chi connectivity index (χ3v) is 3.42. The molecule has 0 radical (unpaired) electrons. The summed E-state index contributed by atoms with van der Waals surface area (Å²) in [7, 11) is 3.19. The molecule has 0 heterocycles. The van der Waals surface area contributed by atoms with E-state index in [0.29, 0.717) is 17.0 Å². The number of amides is 1. The standard InChI is InChI=1S/C18H20N2O3/c1-12-5-10-17(23-4)16(11-12)13(2)19-20-18(21)14-6-8-15(22-3)9-7-14/h5-11H,1-4H3,(H,20,21)/b19-13-. The van der Waals surface area contributed by atoms with Gasteiger partial charge in [-0.05, 0) is 50.2 Å². The molecule has 0 spiro atoms. The van der Waals surface area contributed by atoms with Gasteiger partial charge < -0.3 is 9.47 Å². The van der Waals surface area contributed by atoms with Crippen LogP contribution in [-0.4, -0.2) is 25.8 Å². The highest BCUT2D eigenvalue weighted by Crippen LogP contribution is 2.20. The van der Waals surface area contributed by atoms with Crippen LogP contribution in [-0.2, 0) is 0 Å². The number of hydrazone groups is 1. The summed E-state index contributed by atoms with van der Waals surface area (Å²) in [6.07, 6.45) is 0. The lowest BCUT2D eigenvalue weighted by atomic mass is 10.1. The summed E-state index contributed by atoms with van der Waals surface area (Å²) >= 11 is 0. The van der Waals surface area contributed by atoms with Crippen molar-refractivity contribution in [3.05, 3.63) is 59.2 Å². The fraction of sp³-hybridized carbons (Fsp3) is 0.222. The largest absolute Gasteiger partial charge is 0.497 e. The van der Waals surface area contributed by atoms with Crippen molar-refractivity contribution in [2.45, 2.75) is 13.8 Å². The van der Waals surface area contributed by atoms with Crippen LogP contribution >= 0.6 is 0 Å². The van der Waals surface area contributed by atoms with E-state index in [1.165, 1.54) is 0 Å². The Morgan fingerprint density at radius 3 is 2.35 bits per heavy atom. The van der Waals surface area contributed by atoms with E-state index in [1.807, 2.05) is 32.0 Å². The van der Waals surface area contributed by atoms with Crippen molar-refractivity contribution < 1.29 is 14.3 Å². The molecule has 0 aliphatic rings. The Morgan fingerprint density at radius 1 is 1.04 bits per heavy atom. The lowest BCUT2D eigenvalue weighted by Gasteiger charge is -2.09. The first-order chi connectivity index (χ1) is 11.0. The van der Waals surface area contributed by atoms with E-state index in [9.17, 15) is 4.79 Å². The Morgan fingerprint density at radius 2 is 1.74 bits per heavy atom. The van der Waals surface area contributed by atoms with Crippen LogP contribution in [0.25, 0.3) is 0 Å². The van der Waals surface area contributed by atoms with Gasteiger partial charge in [0.15, 0.2) is 0 Å². The van der Waals surface area contributed by atoms with Gasteiger partial charge in [-0.15, -0.1) is 0 Å². The molecule has 5 nitrogen and oxygen atoms in total. The molecule has 0 aromatic heterocycles. The summed E-state index contributed by atoms with van der Waals surface area (Å²) in [6.45, 7) is 3.82. The van der Waals surface area contributed by atoms with Crippen LogP contribution < -0.4 is 14.9 Å². The van der Waals surface area contributed by atoms with Crippen LogP contribution in [0.1, 0.15) is 28.4 Å². The zero-order chi connectivity index (χ0) is 16.8. The molecule has 0 atom stereocenters. The number of carbonyl (C=O) groups is 1. The first-order valence-corrected chi connectivity index (χ1v) is 7.19. The fourth-order valence-corrected chi connectivity index (χ4v) is 2.11. The van der Waals surface area contributed by atoms with Gasteiger partial charge in [0.25, 0.3) is 5.91 Å². The van der Waals surface area contributed by atoms with Crippen molar-refractivity contribution >= 4 is 11.6 Å². The second-order valence-electron chi connectivity index (χ2n) is 5.07. The van der Waals surface area contributed by atoms with E-state index in [2.05, 4.69) is 10.5 Å². The van der Waals surface area contributed by atoms with Crippen LogP contribution in [0.5, 0.6) is 11.5 Å². The van der Waals surface area contributed by atoms with Gasteiger partial charge in [0.2, 0.25) is 0 Å². The van der Waals surface area contributed by atoms with Crippen molar-refractivity contribution in [1.82, 2.24) is 5.43 Å². The molecule has 0 aliphatic carbocycles. The molecular weight excluding hydrogens is 292 g/mol. The fourth-order valence-electron chi connectivity index (χ4n) is 2.11. The molecule has 120 valence electrons. The van der Waals surface area contributed by atoms with Crippen molar-refractivity contribution in [2.24, 2.45) is 5.10 Å². The van der Waals surface area contributed by atoms with Gasteiger partial charge in [-0.1, -0.05) is 11.6 Å². The first kappa shape index (κ1) is 16.5. The normalized spacial score (nSPS) is 11.0. The Balaban J connectivity index is 2.15. The summed E-state index contributed by atoms with van der Waals surface area (Å²) in [5, 5.41) is 4.17. The highest BCUT2D eigenvalue weighted by atomic mass is 16.5. The summed E-state index contributed by atoms with van der Waals surface area (Å²) in [4.78, 5) is 12.1. The minimum atomic E-state index is -0.279. The number of ether oxygens (including phenoxy) is 2. The molecule has 0 saturated carbocycles. The van der Waals surface area contributed by atoms with Crippen LogP contribution in [0.4, 0.5) is 0 Å². The smallest absolute Gasteiger partial charge is 0.271 e. The molecule has 1 N–H and O–H groups in total. The van der Waals surface area contributed by atoms with Crippen molar-refractivity contribution in [3.63, 3.8) is 0 Å². The average Bonchev–Trinajstić information content (AvgIpc) is 2.59. The molecule has 2 aromatic rings. The molecule has 0 saturated heterocycles. The zero-order valence-corrected chi connectivity index (χ0v) is 13.7. The van der Waals surface area contributed by atoms with Crippen molar-refractivity contribution in [3.8, 4) is 11.5 Å². The molecule has 23 heavy (non-hydrogen) atoms. The second-order valence-corrected chi connectivity index (χ2v) is 5.07. The van der Waals surface area contributed by atoms with Gasteiger partial charge in [0, 0.05) is 11.1 Å². The van der Waals surface area contributed by atoms with E-state index in [1.54, 1.807) is 38.5 Å². The Hall–Kier alpha value is -2.82. The molecule has 0 fully saturated rings. The van der Waals surface area contributed by atoms with Crippen LogP contribution in [0, 0.1) is 6.92 Å². The quantitative estimate of drug-likeness (QED) is 0.681. The number of hydrogen-bond acceptors (Lipinski definition) is 4. The highest BCUT2D eigenvalue weighted by Gasteiger charge is 2.08. The summed E-state index contributed by atoms with van der Waals surface area (Å²) < 4.78 is 10.4. The van der Waals surface area contributed by atoms with Crippen molar-refractivity contribution in [1.29, 1.82) is 0 Å². The maximum absolute atomic E-state index is 12.1. The van der Waals surface area contributed by atoms with E-state index in [-0.39, 0.29) is 5.91 Å². The molecule has 1 amide bonds. The van der Waals surface area contributed by atoms with E-state index in [4.69, 9.17) is 9.47 Å². The van der Waals surface area contributed by atoms with E-state index >= 15 is 0 Å². The number of rotatable bonds is 5. The summed E-state index contributed by atoms with van der Waals surface area (Å²) in [6, 6.07) is 12.7. The maximum Gasteiger partial charge on any atom is 0.271 e. The van der Waals surface area contributed by atoms with Crippen LogP contribution in [0.15, 0.2) is 47.6 Å². The molecule has 2 rings (SSSR count). The lowest BCUT2D eigenvalue weighted by molar-refractivity contribution is 0.0955. The second kappa shape index (κ2) is 7.45. The first-order valence-electron chi connectivity index (χ1n) is 7.19. The third kappa shape index (κ3) is 4.10. The van der Waals surface area contributed by atoms with Crippen LogP contribution in [0.2, 0.25) is 0 Å². The zero-order valence-electron chi connectivity index (χ0n) is 13.7. The minimum Gasteiger partial charge on any atom is -0.497 e. The van der Waals surface area contributed by atoms with Crippen LogP contribution in [0.3, 0.4) is 0 Å². The lowest BCUT2D eigenvalue weighted by Crippen LogP contribution is -2.19. The number of carbonyl (C=O) groups excluding carboxylic acids is 1. The minimum absolute atomic E-state index is 0.279. The monoisotopic (exact) mass is 312 g/mol. The van der Waals surface area contributed by atoms with Gasteiger partial charge >= 0.3 is 0 Å². The SMILES string of the molecule is COc1ccc(C(=O)N/N=C(/C)c2cc(C)ccc2OC)cc1. The highest BCUT2D eigenvalue weighted by molar-refractivity contribution is 6.02. The Bertz CT molecular complexity index is 722. The Labute approximate surface area is 135 Å². The number of aryl methyl sites for hydroxylation is 1. The van der Waals surface area contributed by atoms with Gasteiger partial charge in [-0.2, -0.15) is 5.10 Å². The van der Waals surface area contributed by atoms with Gasteiger partial charge in [-0.3, -0.25) is 4.79 Å². The summed E-state index contributed by atoms with van der Waals surface area (Å²) in [5.74, 6) is 1.14. The Kier molecular flexibility index (Phi) is 5.36. The maximum atomic E-state index is 12.1. The van der Waals surface area contributed by atoms with Crippen molar-refractivity contribution in [2.75, 3.05) is 14.2 Å². The number of benzene rings is 2. The molecule has 0 unspecified atom stereocenters. The molecule has 2 aromatic carbocycles. The number of methoxy groups -OCH3 is 2. The third-order valence-electron chi connectivity index (χ3n) is 3.42. The van der Waals surface area contributed by atoms with Gasteiger partial charge in [0.1, 0.15) is 11.5 Å². The number of nitrogens with zero attached hydrogens (tertiary/aromatic N) is 1. The number of hydrogen-bond donors (Lipinski definition) is 1. The van der Waals surface area contributed by atoms with E-state index in [0.717, 1.165) is 16.9 Å². The van der Waals surface area contributed by atoms with E-state index < -0.39 is 0 Å². The predicted molar refractivity (Wildman–Crippen MR) is 90.4 cm³/mol. The van der Waals surface area contributed by atoms with Gasteiger partial charge in [-0.25, -0.2) is 5.43 Å². The molecular formula is C18H20N2O3. The predicted octanol–water partition coefficient (Wildman–Crippen LogP) is 3.17. The topological polar surface area (TPSA) is 59.9 Å². The molecule has 0 bridgehead atoms.